The predicted molar refractivity (Wildman–Crippen MR) is 122 cm³/mol. The van der Waals surface area contributed by atoms with Crippen LogP contribution in [0.1, 0.15) is 52.2 Å². The Kier molecular flexibility index (Phi) is 6.57. The molecule has 0 saturated carbocycles. The largest absolute Gasteiger partial charge is 0.492 e. The second-order valence-electron chi connectivity index (χ2n) is 8.87. The number of aryl methyl sites for hydroxylation is 1. The summed E-state index contributed by atoms with van der Waals surface area (Å²) in [5, 5.41) is 40.4. The molecule has 0 bridgehead atoms. The first-order valence-corrected chi connectivity index (χ1v) is 11.3. The van der Waals surface area contributed by atoms with Crippen LogP contribution in [0.15, 0.2) is 30.3 Å². The lowest BCUT2D eigenvalue weighted by atomic mass is 9.76. The Morgan fingerprint density at radius 1 is 1.17 bits per heavy atom. The van der Waals surface area contributed by atoms with Crippen molar-refractivity contribution in [3.8, 4) is 28.9 Å². The molecule has 12 heteroatoms. The number of carbonyl (C=O) groups excluding carboxylic acids is 1. The number of ether oxygens (including phenoxy) is 3. The molecule has 0 aliphatic carbocycles. The number of fused-ring (bicyclic) bond motifs is 1. The van der Waals surface area contributed by atoms with Crippen LogP contribution in [0.2, 0.25) is 0 Å². The molecule has 1 aliphatic rings. The van der Waals surface area contributed by atoms with Gasteiger partial charge in [-0.3, -0.25) is 4.79 Å². The topological polar surface area (TPSA) is 155 Å². The molecule has 12 nitrogen and oxygen atoms in total. The van der Waals surface area contributed by atoms with Gasteiger partial charge in [-0.15, -0.1) is 15.3 Å². The van der Waals surface area contributed by atoms with Crippen molar-refractivity contribution >= 4 is 5.97 Å². The molecule has 2 N–H and O–H groups in total. The zero-order valence-corrected chi connectivity index (χ0v) is 20.0. The smallest absolute Gasteiger partial charge is 0.305 e. The fourth-order valence-electron chi connectivity index (χ4n) is 3.83. The zero-order chi connectivity index (χ0) is 25.2. The summed E-state index contributed by atoms with van der Waals surface area (Å²) in [7, 11) is 0. The molecule has 3 heterocycles. The van der Waals surface area contributed by atoms with Crippen molar-refractivity contribution in [2.75, 3.05) is 6.61 Å². The number of tetrazole rings is 1. The number of carbonyl (C=O) groups is 1. The Bertz CT molecular complexity index is 1190. The third-order valence-corrected chi connectivity index (χ3v) is 6.10. The number of esters is 1. The van der Waals surface area contributed by atoms with Gasteiger partial charge in [-0.05, 0) is 62.7 Å². The SMILES string of the molecule is CCOC(=O)CCCn1nnnc1-c1ccc2c(c1)[C@H](Oc1ccc(O)nn1)[C@@](C)(O)C(C)(C)O2. The molecule has 1 aromatic carbocycles. The van der Waals surface area contributed by atoms with Crippen molar-refractivity contribution in [3.63, 3.8) is 0 Å². The molecule has 2 aromatic heterocycles. The number of hydrogen-bond acceptors (Lipinski definition) is 11. The molecule has 0 spiro atoms. The van der Waals surface area contributed by atoms with Crippen LogP contribution >= 0.6 is 0 Å². The number of benzene rings is 1. The maximum absolute atomic E-state index is 11.6. The highest BCUT2D eigenvalue weighted by Crippen LogP contribution is 2.48. The van der Waals surface area contributed by atoms with Gasteiger partial charge in [0.25, 0.3) is 0 Å². The van der Waals surface area contributed by atoms with Gasteiger partial charge < -0.3 is 24.4 Å². The van der Waals surface area contributed by atoms with Crippen LogP contribution in [0.4, 0.5) is 0 Å². The molecular weight excluding hydrogens is 456 g/mol. The summed E-state index contributed by atoms with van der Waals surface area (Å²) in [4.78, 5) is 11.6. The van der Waals surface area contributed by atoms with Gasteiger partial charge in [-0.2, -0.15) is 0 Å². The number of aliphatic hydroxyl groups is 1. The highest BCUT2D eigenvalue weighted by atomic mass is 16.6. The molecule has 0 unspecified atom stereocenters. The van der Waals surface area contributed by atoms with Crippen molar-refractivity contribution in [2.45, 2.75) is 64.4 Å². The van der Waals surface area contributed by atoms with E-state index in [4.69, 9.17) is 14.2 Å². The Labute approximate surface area is 201 Å². The lowest BCUT2D eigenvalue weighted by Crippen LogP contribution is -2.59. The lowest BCUT2D eigenvalue weighted by molar-refractivity contribution is -0.175. The maximum Gasteiger partial charge on any atom is 0.305 e. The van der Waals surface area contributed by atoms with Crippen LogP contribution in [0.25, 0.3) is 11.4 Å². The molecular formula is C23H28N6O6. The van der Waals surface area contributed by atoms with E-state index in [-0.39, 0.29) is 24.2 Å². The van der Waals surface area contributed by atoms with Crippen LogP contribution in [-0.2, 0) is 16.1 Å². The molecule has 3 aromatic rings. The first-order chi connectivity index (χ1) is 16.6. The normalized spacial score (nSPS) is 20.5. The van der Waals surface area contributed by atoms with Crippen LogP contribution in [0, 0.1) is 0 Å². The predicted octanol–water partition coefficient (Wildman–Crippen LogP) is 2.22. The molecule has 0 radical (unpaired) electrons. The second-order valence-corrected chi connectivity index (χ2v) is 8.87. The number of nitrogens with zero attached hydrogens (tertiary/aromatic N) is 6. The fourth-order valence-corrected chi connectivity index (χ4v) is 3.83. The van der Waals surface area contributed by atoms with E-state index in [9.17, 15) is 15.0 Å². The third kappa shape index (κ3) is 4.87. The summed E-state index contributed by atoms with van der Waals surface area (Å²) < 4.78 is 18.8. The van der Waals surface area contributed by atoms with Crippen molar-refractivity contribution in [1.29, 1.82) is 0 Å². The quantitative estimate of drug-likeness (QED) is 0.452. The minimum atomic E-state index is -1.47. The maximum atomic E-state index is 11.6. The van der Waals surface area contributed by atoms with Gasteiger partial charge in [-0.1, -0.05) is 0 Å². The van der Waals surface area contributed by atoms with E-state index in [0.717, 1.165) is 0 Å². The minimum Gasteiger partial charge on any atom is -0.492 e. The number of aromatic hydroxyl groups is 1. The van der Waals surface area contributed by atoms with Gasteiger partial charge in [-0.25, -0.2) is 4.68 Å². The average molecular weight is 485 g/mol. The fraction of sp³-hybridized carbons (Fsp3) is 0.478. The van der Waals surface area contributed by atoms with Gasteiger partial charge in [0.15, 0.2) is 11.9 Å². The molecule has 35 heavy (non-hydrogen) atoms. The summed E-state index contributed by atoms with van der Waals surface area (Å²) in [6, 6.07) is 8.21. The molecule has 0 saturated heterocycles. The van der Waals surface area contributed by atoms with Gasteiger partial charge in [0.1, 0.15) is 17.0 Å². The first kappa shape index (κ1) is 24.3. The van der Waals surface area contributed by atoms with Gasteiger partial charge >= 0.3 is 5.97 Å². The van der Waals surface area contributed by atoms with Crippen molar-refractivity contribution in [3.05, 3.63) is 35.9 Å². The Balaban J connectivity index is 1.65. The highest BCUT2D eigenvalue weighted by Gasteiger charge is 2.54. The van der Waals surface area contributed by atoms with E-state index in [2.05, 4.69) is 25.7 Å². The monoisotopic (exact) mass is 484 g/mol. The van der Waals surface area contributed by atoms with E-state index < -0.39 is 17.3 Å². The van der Waals surface area contributed by atoms with Crippen LogP contribution in [0.3, 0.4) is 0 Å². The molecule has 4 rings (SSSR count). The van der Waals surface area contributed by atoms with E-state index in [1.807, 2.05) is 6.07 Å². The van der Waals surface area contributed by atoms with Crippen LogP contribution in [0.5, 0.6) is 17.5 Å². The summed E-state index contributed by atoms with van der Waals surface area (Å²) in [5.41, 5.74) is -1.22. The minimum absolute atomic E-state index is 0.130. The second kappa shape index (κ2) is 9.45. The summed E-state index contributed by atoms with van der Waals surface area (Å²) in [6.07, 6.45) is -0.112. The van der Waals surface area contributed by atoms with E-state index in [1.54, 1.807) is 44.5 Å². The van der Waals surface area contributed by atoms with Gasteiger partial charge in [0, 0.05) is 36.2 Å². The molecule has 2 atom stereocenters. The third-order valence-electron chi connectivity index (χ3n) is 6.10. The van der Waals surface area contributed by atoms with Crippen molar-refractivity contribution in [1.82, 2.24) is 30.4 Å². The Morgan fingerprint density at radius 3 is 2.69 bits per heavy atom. The Hall–Kier alpha value is -3.80. The molecule has 1 aliphatic heterocycles. The first-order valence-electron chi connectivity index (χ1n) is 11.3. The summed E-state index contributed by atoms with van der Waals surface area (Å²) >= 11 is 0. The van der Waals surface area contributed by atoms with E-state index in [1.165, 1.54) is 12.1 Å². The zero-order valence-electron chi connectivity index (χ0n) is 20.0. The van der Waals surface area contributed by atoms with E-state index >= 15 is 0 Å². The lowest BCUT2D eigenvalue weighted by Gasteiger charge is -2.48. The number of hydrogen-bond donors (Lipinski definition) is 2. The van der Waals surface area contributed by atoms with Crippen molar-refractivity contribution < 1.29 is 29.2 Å². The Morgan fingerprint density at radius 2 is 1.97 bits per heavy atom. The van der Waals surface area contributed by atoms with E-state index in [0.29, 0.717) is 42.3 Å². The van der Waals surface area contributed by atoms with Gasteiger partial charge in [0.05, 0.1) is 6.61 Å². The molecule has 186 valence electrons. The standard InChI is InChI=1S/C23H28N6O6/c1-5-33-19(31)7-6-12-29-21(26-27-28-29)14-8-9-16-15(13-14)20(23(4,32)22(2,3)35-16)34-18-11-10-17(30)24-25-18/h8-11,13,20,32H,5-7,12H2,1-4H3,(H,24,30)/t20-,23+/m0/s1. The summed E-state index contributed by atoms with van der Waals surface area (Å²) in [6.45, 7) is 7.69. The number of rotatable bonds is 8. The van der Waals surface area contributed by atoms with Crippen molar-refractivity contribution in [2.24, 2.45) is 0 Å². The highest BCUT2D eigenvalue weighted by molar-refractivity contribution is 5.69. The average Bonchev–Trinajstić information content (AvgIpc) is 3.27. The molecule has 0 amide bonds. The number of aromatic nitrogens is 6. The van der Waals surface area contributed by atoms with Crippen LogP contribution < -0.4 is 9.47 Å². The molecule has 0 fully saturated rings. The van der Waals surface area contributed by atoms with Gasteiger partial charge in [0.2, 0.25) is 11.8 Å². The van der Waals surface area contributed by atoms with Crippen LogP contribution in [-0.4, -0.2) is 64.4 Å². The summed E-state index contributed by atoms with van der Waals surface area (Å²) in [5.74, 6) is 0.641.